The molecule has 0 saturated carbocycles. The van der Waals surface area contributed by atoms with Crippen LogP contribution in [0.3, 0.4) is 0 Å². The third kappa shape index (κ3) is 3.60. The molecule has 1 N–H and O–H groups in total. The topological polar surface area (TPSA) is 58.2 Å². The number of ether oxygens (including phenoxy) is 1. The van der Waals surface area contributed by atoms with E-state index < -0.39 is 0 Å². The maximum atomic E-state index is 12.3. The SMILES string of the molecule is CC(C)Oc1cccc(C(=O)N(C)Cc2ncc[nH]2)c1. The molecule has 0 spiro atoms. The van der Waals surface area contributed by atoms with Crippen LogP contribution in [0.15, 0.2) is 36.7 Å². The summed E-state index contributed by atoms with van der Waals surface area (Å²) in [4.78, 5) is 21.1. The second-order valence-electron chi connectivity index (χ2n) is 4.89. The van der Waals surface area contributed by atoms with E-state index in [0.717, 1.165) is 5.82 Å². The van der Waals surface area contributed by atoms with Crippen molar-refractivity contribution in [3.63, 3.8) is 0 Å². The fraction of sp³-hybridized carbons (Fsp3) is 0.333. The summed E-state index contributed by atoms with van der Waals surface area (Å²) in [6, 6.07) is 7.23. The van der Waals surface area contributed by atoms with E-state index >= 15 is 0 Å². The van der Waals surface area contributed by atoms with Crippen LogP contribution >= 0.6 is 0 Å². The van der Waals surface area contributed by atoms with E-state index in [-0.39, 0.29) is 12.0 Å². The second-order valence-corrected chi connectivity index (χ2v) is 4.89. The van der Waals surface area contributed by atoms with Crippen molar-refractivity contribution in [1.29, 1.82) is 0 Å². The van der Waals surface area contributed by atoms with Gasteiger partial charge in [0.2, 0.25) is 0 Å². The number of benzene rings is 1. The molecule has 0 aliphatic rings. The van der Waals surface area contributed by atoms with Crippen LogP contribution in [0.2, 0.25) is 0 Å². The first-order chi connectivity index (χ1) is 9.56. The second kappa shape index (κ2) is 6.23. The lowest BCUT2D eigenvalue weighted by atomic mass is 10.2. The Morgan fingerprint density at radius 1 is 1.45 bits per heavy atom. The average molecular weight is 273 g/mol. The molecule has 106 valence electrons. The van der Waals surface area contributed by atoms with Crippen LogP contribution in [-0.2, 0) is 6.54 Å². The Hall–Kier alpha value is -2.30. The molecule has 20 heavy (non-hydrogen) atoms. The number of hydrogen-bond donors (Lipinski definition) is 1. The Labute approximate surface area is 118 Å². The first-order valence-corrected chi connectivity index (χ1v) is 6.56. The van der Waals surface area contributed by atoms with Crippen molar-refractivity contribution >= 4 is 5.91 Å². The highest BCUT2D eigenvalue weighted by Crippen LogP contribution is 2.16. The van der Waals surface area contributed by atoms with E-state index in [1.807, 2.05) is 26.0 Å². The van der Waals surface area contributed by atoms with Gasteiger partial charge in [0, 0.05) is 25.0 Å². The number of aromatic nitrogens is 2. The van der Waals surface area contributed by atoms with Gasteiger partial charge in [-0.3, -0.25) is 4.79 Å². The first-order valence-electron chi connectivity index (χ1n) is 6.56. The number of amides is 1. The summed E-state index contributed by atoms with van der Waals surface area (Å²) in [7, 11) is 1.75. The van der Waals surface area contributed by atoms with Crippen LogP contribution in [-0.4, -0.2) is 33.9 Å². The Morgan fingerprint density at radius 2 is 2.25 bits per heavy atom. The zero-order valence-electron chi connectivity index (χ0n) is 12.0. The smallest absolute Gasteiger partial charge is 0.254 e. The number of nitrogens with one attached hydrogen (secondary N) is 1. The lowest BCUT2D eigenvalue weighted by Gasteiger charge is -2.17. The Balaban J connectivity index is 2.08. The van der Waals surface area contributed by atoms with Crippen molar-refractivity contribution in [2.75, 3.05) is 7.05 Å². The summed E-state index contributed by atoms with van der Waals surface area (Å²) in [5.74, 6) is 1.41. The molecule has 0 saturated heterocycles. The molecule has 0 fully saturated rings. The van der Waals surface area contributed by atoms with Gasteiger partial charge in [-0.1, -0.05) is 6.07 Å². The van der Waals surface area contributed by atoms with E-state index in [2.05, 4.69) is 9.97 Å². The summed E-state index contributed by atoms with van der Waals surface area (Å²) in [6.45, 7) is 4.36. The van der Waals surface area contributed by atoms with Gasteiger partial charge < -0.3 is 14.6 Å². The van der Waals surface area contributed by atoms with Crippen molar-refractivity contribution < 1.29 is 9.53 Å². The minimum Gasteiger partial charge on any atom is -0.491 e. The summed E-state index contributed by atoms with van der Waals surface area (Å²) in [5.41, 5.74) is 0.609. The molecule has 0 aliphatic carbocycles. The molecule has 5 nitrogen and oxygen atoms in total. The predicted octanol–water partition coefficient (Wildman–Crippen LogP) is 2.47. The summed E-state index contributed by atoms with van der Waals surface area (Å²) in [5, 5.41) is 0. The van der Waals surface area contributed by atoms with Gasteiger partial charge in [0.1, 0.15) is 11.6 Å². The fourth-order valence-electron chi connectivity index (χ4n) is 1.88. The third-order valence-corrected chi connectivity index (χ3v) is 2.74. The van der Waals surface area contributed by atoms with Gasteiger partial charge in [-0.2, -0.15) is 0 Å². The summed E-state index contributed by atoms with van der Waals surface area (Å²) in [6.07, 6.45) is 3.50. The third-order valence-electron chi connectivity index (χ3n) is 2.74. The maximum Gasteiger partial charge on any atom is 0.254 e. The Kier molecular flexibility index (Phi) is 4.40. The van der Waals surface area contributed by atoms with Crippen molar-refractivity contribution in [1.82, 2.24) is 14.9 Å². The van der Waals surface area contributed by atoms with E-state index in [1.54, 1.807) is 36.5 Å². The highest BCUT2D eigenvalue weighted by atomic mass is 16.5. The molecular formula is C15H19N3O2. The van der Waals surface area contributed by atoms with Crippen LogP contribution in [0.4, 0.5) is 0 Å². The molecule has 0 atom stereocenters. The molecule has 2 aromatic rings. The van der Waals surface area contributed by atoms with E-state index in [0.29, 0.717) is 17.9 Å². The van der Waals surface area contributed by atoms with Crippen LogP contribution < -0.4 is 4.74 Å². The number of hydrogen-bond acceptors (Lipinski definition) is 3. The summed E-state index contributed by atoms with van der Waals surface area (Å²) >= 11 is 0. The molecule has 1 aromatic heterocycles. The van der Waals surface area contributed by atoms with Crippen molar-refractivity contribution in [3.05, 3.63) is 48.0 Å². The van der Waals surface area contributed by atoms with Crippen LogP contribution in [0.25, 0.3) is 0 Å². The van der Waals surface area contributed by atoms with Gasteiger partial charge in [-0.05, 0) is 32.0 Å². The van der Waals surface area contributed by atoms with Crippen molar-refractivity contribution in [2.45, 2.75) is 26.5 Å². The fourth-order valence-corrected chi connectivity index (χ4v) is 1.88. The van der Waals surface area contributed by atoms with Gasteiger partial charge in [0.25, 0.3) is 5.91 Å². The van der Waals surface area contributed by atoms with Gasteiger partial charge in [0.05, 0.1) is 12.6 Å². The number of H-pyrrole nitrogens is 1. The molecule has 1 aromatic carbocycles. The molecular weight excluding hydrogens is 254 g/mol. The molecule has 1 heterocycles. The van der Waals surface area contributed by atoms with Gasteiger partial charge in [0.15, 0.2) is 0 Å². The molecule has 0 aliphatic heterocycles. The number of carbonyl (C=O) groups is 1. The van der Waals surface area contributed by atoms with Gasteiger partial charge >= 0.3 is 0 Å². The largest absolute Gasteiger partial charge is 0.491 e. The zero-order chi connectivity index (χ0) is 14.5. The predicted molar refractivity (Wildman–Crippen MR) is 76.6 cm³/mol. The van der Waals surface area contributed by atoms with E-state index in [1.165, 1.54) is 0 Å². The van der Waals surface area contributed by atoms with Crippen molar-refractivity contribution in [2.24, 2.45) is 0 Å². The molecule has 5 heteroatoms. The molecule has 2 rings (SSSR count). The number of rotatable bonds is 5. The maximum absolute atomic E-state index is 12.3. The number of carbonyl (C=O) groups excluding carboxylic acids is 1. The van der Waals surface area contributed by atoms with Gasteiger partial charge in [-0.25, -0.2) is 4.98 Å². The van der Waals surface area contributed by atoms with Gasteiger partial charge in [-0.15, -0.1) is 0 Å². The number of nitrogens with zero attached hydrogens (tertiary/aromatic N) is 2. The average Bonchev–Trinajstić information content (AvgIpc) is 2.90. The molecule has 0 bridgehead atoms. The Morgan fingerprint density at radius 3 is 2.90 bits per heavy atom. The highest BCUT2D eigenvalue weighted by molar-refractivity contribution is 5.94. The lowest BCUT2D eigenvalue weighted by molar-refractivity contribution is 0.0781. The minimum atomic E-state index is -0.0596. The van der Waals surface area contributed by atoms with E-state index in [4.69, 9.17) is 4.74 Å². The van der Waals surface area contributed by atoms with Crippen LogP contribution in [0, 0.1) is 0 Å². The lowest BCUT2D eigenvalue weighted by Crippen LogP contribution is -2.26. The zero-order valence-corrected chi connectivity index (χ0v) is 12.0. The van der Waals surface area contributed by atoms with E-state index in [9.17, 15) is 4.79 Å². The van der Waals surface area contributed by atoms with Crippen molar-refractivity contribution in [3.8, 4) is 5.75 Å². The van der Waals surface area contributed by atoms with Crippen LogP contribution in [0.1, 0.15) is 30.0 Å². The standard InChI is InChI=1S/C15H19N3O2/c1-11(2)20-13-6-4-5-12(9-13)15(19)18(3)10-14-16-7-8-17-14/h4-9,11H,10H2,1-3H3,(H,16,17). The quantitative estimate of drug-likeness (QED) is 0.910. The first kappa shape index (κ1) is 14.1. The molecule has 0 unspecified atom stereocenters. The summed E-state index contributed by atoms with van der Waals surface area (Å²) < 4.78 is 5.60. The van der Waals surface area contributed by atoms with Crippen LogP contribution in [0.5, 0.6) is 5.75 Å². The molecule has 1 amide bonds. The normalized spacial score (nSPS) is 10.6. The number of imidazole rings is 1. The molecule has 0 radical (unpaired) electrons. The number of aromatic amines is 1. The Bertz CT molecular complexity index is 564. The monoisotopic (exact) mass is 273 g/mol. The highest BCUT2D eigenvalue weighted by Gasteiger charge is 2.13. The minimum absolute atomic E-state index is 0.0596.